The molecule has 0 aliphatic heterocycles. The molecule has 0 amide bonds. The van der Waals surface area contributed by atoms with E-state index in [-0.39, 0.29) is 5.41 Å². The summed E-state index contributed by atoms with van der Waals surface area (Å²) in [5.74, 6) is 0.843. The van der Waals surface area contributed by atoms with Gasteiger partial charge in [-0.25, -0.2) is 4.98 Å². The van der Waals surface area contributed by atoms with Gasteiger partial charge in [0.15, 0.2) is 5.58 Å². The van der Waals surface area contributed by atoms with Crippen LogP contribution >= 0.6 is 0 Å². The number of fused-ring (bicyclic) bond motifs is 4. The van der Waals surface area contributed by atoms with Crippen molar-refractivity contribution in [2.45, 2.75) is 47.0 Å². The van der Waals surface area contributed by atoms with Crippen LogP contribution in [0, 0.1) is 20.8 Å². The van der Waals surface area contributed by atoms with Crippen molar-refractivity contribution in [2.24, 2.45) is 0 Å². The molecule has 0 atom stereocenters. The lowest BCUT2D eigenvalue weighted by molar-refractivity contribution is 0.590. The summed E-state index contributed by atoms with van der Waals surface area (Å²) in [6.45, 7) is 13.1. The van der Waals surface area contributed by atoms with Crippen molar-refractivity contribution in [1.82, 2.24) is 14.5 Å². The molecule has 0 aliphatic carbocycles. The van der Waals surface area contributed by atoms with Gasteiger partial charge in [0.25, 0.3) is 0 Å². The molecule has 0 saturated carbocycles. The molecule has 47 heavy (non-hydrogen) atoms. The van der Waals surface area contributed by atoms with Crippen LogP contribution in [0.1, 0.15) is 43.3 Å². The molecule has 0 saturated heterocycles. The Hall–Kier alpha value is -5.48. The molecule has 0 spiro atoms. The quantitative estimate of drug-likeness (QED) is 0.199. The first-order chi connectivity index (χ1) is 22.7. The second kappa shape index (κ2) is 10.8. The predicted molar refractivity (Wildman–Crippen MR) is 195 cm³/mol. The van der Waals surface area contributed by atoms with Gasteiger partial charge >= 0.3 is 0 Å². The number of rotatable bonds is 4. The van der Waals surface area contributed by atoms with Crippen LogP contribution in [0.2, 0.25) is 0 Å². The summed E-state index contributed by atoms with van der Waals surface area (Å²) in [6.07, 6.45) is 0. The van der Waals surface area contributed by atoms with Crippen molar-refractivity contribution in [3.8, 4) is 39.3 Å². The zero-order valence-electron chi connectivity index (χ0n) is 27.7. The first kappa shape index (κ1) is 29.0. The van der Waals surface area contributed by atoms with Crippen LogP contribution in [0.5, 0.6) is 0 Å². The molecule has 8 rings (SSSR count). The molecule has 0 radical (unpaired) electrons. The number of para-hydroxylation sites is 2. The van der Waals surface area contributed by atoms with Gasteiger partial charge in [-0.3, -0.25) is 9.55 Å². The highest BCUT2D eigenvalue weighted by Gasteiger charge is 2.27. The second-order valence-corrected chi connectivity index (χ2v) is 13.6. The zero-order valence-corrected chi connectivity index (χ0v) is 27.7. The molecule has 3 aromatic heterocycles. The molecule has 0 N–H and O–H groups in total. The summed E-state index contributed by atoms with van der Waals surface area (Å²) in [6, 6.07) is 41.2. The lowest BCUT2D eigenvalue weighted by atomic mass is 9.82. The molecule has 0 aliphatic rings. The summed E-state index contributed by atoms with van der Waals surface area (Å²) >= 11 is 0. The lowest BCUT2D eigenvalue weighted by Crippen LogP contribution is -2.13. The number of hydrogen-bond donors (Lipinski definition) is 0. The number of benzene rings is 5. The van der Waals surface area contributed by atoms with Gasteiger partial charge in [-0.15, -0.1) is 0 Å². The highest BCUT2D eigenvalue weighted by atomic mass is 16.3. The molecule has 0 unspecified atom stereocenters. The number of nitrogens with zero attached hydrogens (tertiary/aromatic N) is 3. The first-order valence-corrected chi connectivity index (χ1v) is 16.3. The SMILES string of the molecule is Cc1cc2c(oc3c(-c4nc5ccccc5n4-c4c(-c5ccccc5)cc(C(C)(C)C)cc4-c4ccccc4)ccc(C)c32)c(C)n1. The molecule has 8 aromatic rings. The Balaban J connectivity index is 1.56. The van der Waals surface area contributed by atoms with E-state index in [0.717, 1.165) is 83.7 Å². The van der Waals surface area contributed by atoms with Gasteiger partial charge in [0.2, 0.25) is 0 Å². The standard InChI is InChI=1S/C43H37N3O/c1-26-21-22-32(41-38(26)35-23-27(2)44-28(3)40(35)47-41)42-45-36-19-13-14-20-37(36)46(42)39-33(29-15-9-7-10-16-29)24-31(43(4,5)6)25-34(39)30-17-11-8-12-18-30/h7-25H,1-6H3. The smallest absolute Gasteiger partial charge is 0.156 e. The molecule has 5 aromatic carbocycles. The molecule has 4 heteroatoms. The van der Waals surface area contributed by atoms with E-state index in [1.54, 1.807) is 0 Å². The highest BCUT2D eigenvalue weighted by molar-refractivity contribution is 6.12. The molecule has 0 bridgehead atoms. The summed E-state index contributed by atoms with van der Waals surface area (Å²) in [4.78, 5) is 10.1. The van der Waals surface area contributed by atoms with E-state index in [2.05, 4.69) is 148 Å². The van der Waals surface area contributed by atoms with E-state index in [1.807, 2.05) is 13.8 Å². The number of pyridine rings is 1. The number of imidazole rings is 1. The fourth-order valence-electron chi connectivity index (χ4n) is 6.95. The highest BCUT2D eigenvalue weighted by Crippen LogP contribution is 2.45. The molecule has 230 valence electrons. The Labute approximate surface area is 275 Å². The van der Waals surface area contributed by atoms with Crippen molar-refractivity contribution in [2.75, 3.05) is 0 Å². The van der Waals surface area contributed by atoms with Gasteiger partial charge in [-0.2, -0.15) is 0 Å². The van der Waals surface area contributed by atoms with Crippen LogP contribution in [0.3, 0.4) is 0 Å². The van der Waals surface area contributed by atoms with Gasteiger partial charge < -0.3 is 4.42 Å². The van der Waals surface area contributed by atoms with Crippen LogP contribution in [-0.4, -0.2) is 14.5 Å². The van der Waals surface area contributed by atoms with Crippen molar-refractivity contribution in [3.05, 3.63) is 138 Å². The lowest BCUT2D eigenvalue weighted by Gasteiger charge is -2.26. The van der Waals surface area contributed by atoms with Gasteiger partial charge in [0.1, 0.15) is 11.4 Å². The van der Waals surface area contributed by atoms with E-state index in [0.29, 0.717) is 0 Å². The third-order valence-corrected chi connectivity index (χ3v) is 9.28. The van der Waals surface area contributed by atoms with Crippen molar-refractivity contribution in [1.29, 1.82) is 0 Å². The topological polar surface area (TPSA) is 43.9 Å². The van der Waals surface area contributed by atoms with E-state index in [9.17, 15) is 0 Å². The van der Waals surface area contributed by atoms with Crippen LogP contribution < -0.4 is 0 Å². The van der Waals surface area contributed by atoms with E-state index in [4.69, 9.17) is 14.4 Å². The largest absolute Gasteiger partial charge is 0.453 e. The third-order valence-electron chi connectivity index (χ3n) is 9.28. The fraction of sp³-hybridized carbons (Fsp3) is 0.163. The molecular weight excluding hydrogens is 574 g/mol. The summed E-state index contributed by atoms with van der Waals surface area (Å²) < 4.78 is 9.13. The van der Waals surface area contributed by atoms with Crippen molar-refractivity contribution >= 4 is 33.0 Å². The van der Waals surface area contributed by atoms with E-state index >= 15 is 0 Å². The van der Waals surface area contributed by atoms with Crippen LogP contribution in [0.4, 0.5) is 0 Å². The number of aryl methyl sites for hydroxylation is 3. The maximum atomic E-state index is 6.77. The molecule has 3 heterocycles. The summed E-state index contributed by atoms with van der Waals surface area (Å²) in [5.41, 5.74) is 14.6. The Morgan fingerprint density at radius 1 is 0.617 bits per heavy atom. The average Bonchev–Trinajstić information content (AvgIpc) is 3.65. The second-order valence-electron chi connectivity index (χ2n) is 13.6. The van der Waals surface area contributed by atoms with E-state index in [1.165, 1.54) is 11.1 Å². The third kappa shape index (κ3) is 4.75. The number of hydrogen-bond acceptors (Lipinski definition) is 3. The maximum absolute atomic E-state index is 6.77. The van der Waals surface area contributed by atoms with Crippen LogP contribution in [0.15, 0.2) is 120 Å². The Bertz CT molecular complexity index is 2400. The van der Waals surface area contributed by atoms with Crippen molar-refractivity contribution < 1.29 is 4.42 Å². The normalized spacial score (nSPS) is 12.0. The minimum atomic E-state index is -0.0626. The Kier molecular flexibility index (Phi) is 6.66. The van der Waals surface area contributed by atoms with Crippen LogP contribution in [-0.2, 0) is 5.41 Å². The molecule has 4 nitrogen and oxygen atoms in total. The number of furan rings is 1. The van der Waals surface area contributed by atoms with E-state index < -0.39 is 0 Å². The summed E-state index contributed by atoms with van der Waals surface area (Å²) in [5, 5.41) is 2.20. The van der Waals surface area contributed by atoms with Crippen molar-refractivity contribution in [3.63, 3.8) is 0 Å². The molecule has 0 fully saturated rings. The minimum Gasteiger partial charge on any atom is -0.453 e. The van der Waals surface area contributed by atoms with Gasteiger partial charge in [0, 0.05) is 27.6 Å². The Morgan fingerprint density at radius 3 is 1.87 bits per heavy atom. The minimum absolute atomic E-state index is 0.0626. The Morgan fingerprint density at radius 2 is 1.23 bits per heavy atom. The van der Waals surface area contributed by atoms with Gasteiger partial charge in [-0.1, -0.05) is 99.6 Å². The summed E-state index contributed by atoms with van der Waals surface area (Å²) in [7, 11) is 0. The number of aromatic nitrogens is 3. The maximum Gasteiger partial charge on any atom is 0.156 e. The first-order valence-electron chi connectivity index (χ1n) is 16.3. The van der Waals surface area contributed by atoms with Gasteiger partial charge in [0.05, 0.1) is 28.0 Å². The van der Waals surface area contributed by atoms with Gasteiger partial charge in [-0.05, 0) is 84.8 Å². The average molecular weight is 612 g/mol. The monoisotopic (exact) mass is 611 g/mol. The molecular formula is C43H37N3O. The zero-order chi connectivity index (χ0) is 32.4. The van der Waals surface area contributed by atoms with Crippen LogP contribution in [0.25, 0.3) is 72.3 Å². The fourth-order valence-corrected chi connectivity index (χ4v) is 6.95. The predicted octanol–water partition coefficient (Wildman–Crippen LogP) is 11.5.